The Kier molecular flexibility index (Phi) is 6.69. The van der Waals surface area contributed by atoms with Crippen LogP contribution in [0.15, 0.2) is 27.9 Å². The summed E-state index contributed by atoms with van der Waals surface area (Å²) in [6, 6.07) is 4.67. The van der Waals surface area contributed by atoms with Crippen molar-refractivity contribution >= 4 is 58.4 Å². The number of aromatic nitrogens is 1. The van der Waals surface area contributed by atoms with Crippen molar-refractivity contribution in [3.8, 4) is 5.75 Å². The van der Waals surface area contributed by atoms with E-state index in [2.05, 4.69) is 4.98 Å². The third-order valence-electron chi connectivity index (χ3n) is 3.61. The minimum absolute atomic E-state index is 0.0227. The first-order chi connectivity index (χ1) is 12.9. The molecule has 1 saturated heterocycles. The quantitative estimate of drug-likeness (QED) is 0.606. The van der Waals surface area contributed by atoms with Crippen molar-refractivity contribution in [2.45, 2.75) is 10.4 Å². The number of aromatic carboxylic acids is 1. The molecular weight excluding hydrogens is 435 g/mol. The maximum Gasteiger partial charge on any atom is 0.410 e. The first-order valence-corrected chi connectivity index (χ1v) is 10.4. The summed E-state index contributed by atoms with van der Waals surface area (Å²) in [6.07, 6.45) is -0.404. The average Bonchev–Trinajstić information content (AvgIpc) is 3.20. The van der Waals surface area contributed by atoms with Crippen LogP contribution in [0.5, 0.6) is 5.75 Å². The molecule has 144 valence electrons. The molecule has 0 aliphatic carbocycles. The van der Waals surface area contributed by atoms with Crippen LogP contribution < -0.4 is 4.74 Å². The lowest BCUT2D eigenvalue weighted by atomic mass is 10.3. The zero-order valence-corrected chi connectivity index (χ0v) is 16.9. The predicted octanol–water partition coefficient (Wildman–Crippen LogP) is 4.14. The summed E-state index contributed by atoms with van der Waals surface area (Å²) in [5, 5.41) is 11.3. The van der Waals surface area contributed by atoms with E-state index in [9.17, 15) is 9.59 Å². The standard InChI is InChI=1S/C16H14Cl2N2O5S2/c17-9-3-10(18)5-12(4-9)24-6-11-7-25-16(23)20(11)1-2-26-15-19-13(8-27-15)14(21)22/h3-5,8,11H,1-2,6-7H2,(H,21,22). The molecule has 0 bridgehead atoms. The molecule has 1 aliphatic rings. The number of carbonyl (C=O) groups is 2. The molecule has 1 unspecified atom stereocenters. The summed E-state index contributed by atoms with van der Waals surface area (Å²) in [5.41, 5.74) is 0.0227. The number of carbonyl (C=O) groups excluding carboxylic acids is 1. The molecule has 2 aromatic rings. The van der Waals surface area contributed by atoms with Gasteiger partial charge < -0.3 is 14.6 Å². The molecule has 2 heterocycles. The van der Waals surface area contributed by atoms with Crippen LogP contribution in [0.25, 0.3) is 0 Å². The highest BCUT2D eigenvalue weighted by Crippen LogP contribution is 2.26. The minimum atomic E-state index is -1.06. The van der Waals surface area contributed by atoms with E-state index < -0.39 is 12.1 Å². The van der Waals surface area contributed by atoms with Gasteiger partial charge in [0.15, 0.2) is 10.0 Å². The number of nitrogens with zero attached hydrogens (tertiary/aromatic N) is 2. The van der Waals surface area contributed by atoms with E-state index in [0.717, 1.165) is 0 Å². The zero-order valence-electron chi connectivity index (χ0n) is 13.8. The van der Waals surface area contributed by atoms with E-state index in [4.69, 9.17) is 37.8 Å². The van der Waals surface area contributed by atoms with Crippen LogP contribution in [0, 0.1) is 0 Å². The molecule has 7 nitrogen and oxygen atoms in total. The predicted molar refractivity (Wildman–Crippen MR) is 104 cm³/mol. The molecule has 1 N–H and O–H groups in total. The van der Waals surface area contributed by atoms with Crippen LogP contribution in [0.2, 0.25) is 10.0 Å². The molecule has 3 rings (SSSR count). The number of hydrogen-bond donors (Lipinski definition) is 1. The fourth-order valence-corrected chi connectivity index (χ4v) is 4.67. The summed E-state index contributed by atoms with van der Waals surface area (Å²) >= 11 is 14.5. The second-order valence-corrected chi connectivity index (χ2v) is 8.57. The first kappa shape index (κ1) is 20.1. The van der Waals surface area contributed by atoms with Gasteiger partial charge in [-0.1, -0.05) is 35.0 Å². The Morgan fingerprint density at radius 3 is 2.81 bits per heavy atom. The lowest BCUT2D eigenvalue weighted by Crippen LogP contribution is -2.39. The van der Waals surface area contributed by atoms with Crippen LogP contribution in [-0.2, 0) is 4.74 Å². The van der Waals surface area contributed by atoms with Gasteiger partial charge >= 0.3 is 12.1 Å². The number of thiazole rings is 1. The van der Waals surface area contributed by atoms with Crippen LogP contribution >= 0.6 is 46.3 Å². The fourth-order valence-electron chi connectivity index (χ4n) is 2.36. The number of benzene rings is 1. The number of thioether (sulfide) groups is 1. The fraction of sp³-hybridized carbons (Fsp3) is 0.312. The van der Waals surface area contributed by atoms with Gasteiger partial charge in [0.1, 0.15) is 25.0 Å². The molecule has 1 aromatic carbocycles. The van der Waals surface area contributed by atoms with Crippen LogP contribution in [0.4, 0.5) is 4.79 Å². The van der Waals surface area contributed by atoms with Gasteiger partial charge in [-0.3, -0.25) is 4.90 Å². The van der Waals surface area contributed by atoms with Gasteiger partial charge in [0.25, 0.3) is 0 Å². The first-order valence-electron chi connectivity index (χ1n) is 7.76. The summed E-state index contributed by atoms with van der Waals surface area (Å²) in [4.78, 5) is 28.4. The molecule has 0 radical (unpaired) electrons. The average molecular weight is 449 g/mol. The van der Waals surface area contributed by atoms with E-state index in [1.165, 1.54) is 28.5 Å². The summed E-state index contributed by atoms with van der Waals surface area (Å²) in [7, 11) is 0. The molecule has 1 aliphatic heterocycles. The molecule has 1 amide bonds. The van der Waals surface area contributed by atoms with Gasteiger partial charge in [0.2, 0.25) is 0 Å². The second kappa shape index (κ2) is 9.01. The number of cyclic esters (lactones) is 1. The van der Waals surface area contributed by atoms with Crippen molar-refractivity contribution in [2.75, 3.05) is 25.5 Å². The zero-order chi connectivity index (χ0) is 19.4. The summed E-state index contributed by atoms with van der Waals surface area (Å²) in [5.74, 6) is 0.0194. The van der Waals surface area contributed by atoms with E-state index in [1.54, 1.807) is 23.1 Å². The Labute approximate surface area is 173 Å². The Bertz CT molecular complexity index is 828. The van der Waals surface area contributed by atoms with E-state index in [1.807, 2.05) is 0 Å². The minimum Gasteiger partial charge on any atom is -0.491 e. The number of halogens is 2. The van der Waals surface area contributed by atoms with Gasteiger partial charge in [-0.05, 0) is 18.2 Å². The van der Waals surface area contributed by atoms with Gasteiger partial charge in [0.05, 0.1) is 0 Å². The number of hydrogen-bond acceptors (Lipinski definition) is 7. The highest BCUT2D eigenvalue weighted by atomic mass is 35.5. The van der Waals surface area contributed by atoms with E-state index in [-0.39, 0.29) is 24.9 Å². The van der Waals surface area contributed by atoms with E-state index >= 15 is 0 Å². The van der Waals surface area contributed by atoms with Crippen LogP contribution in [0.1, 0.15) is 10.5 Å². The van der Waals surface area contributed by atoms with Crippen LogP contribution in [0.3, 0.4) is 0 Å². The Morgan fingerprint density at radius 2 is 2.15 bits per heavy atom. The van der Waals surface area contributed by atoms with Crippen molar-refractivity contribution in [1.29, 1.82) is 0 Å². The molecule has 27 heavy (non-hydrogen) atoms. The number of rotatable bonds is 8. The summed E-state index contributed by atoms with van der Waals surface area (Å²) < 4.78 is 11.4. The Balaban J connectivity index is 1.51. The number of carboxylic acids is 1. The van der Waals surface area contributed by atoms with E-state index in [0.29, 0.717) is 32.4 Å². The molecular formula is C16H14Cl2N2O5S2. The maximum absolute atomic E-state index is 11.9. The molecule has 0 saturated carbocycles. The molecule has 1 atom stereocenters. The van der Waals surface area contributed by atoms with Gasteiger partial charge in [-0.25, -0.2) is 14.6 Å². The van der Waals surface area contributed by atoms with Gasteiger partial charge in [-0.15, -0.1) is 11.3 Å². The number of amides is 1. The van der Waals surface area contributed by atoms with Crippen molar-refractivity contribution < 1.29 is 24.2 Å². The van der Waals surface area contributed by atoms with Crippen molar-refractivity contribution in [3.63, 3.8) is 0 Å². The molecule has 0 spiro atoms. The number of carboxylic acid groups (broad SMARTS) is 1. The lowest BCUT2D eigenvalue weighted by molar-refractivity contribution is 0.0690. The van der Waals surface area contributed by atoms with Crippen molar-refractivity contribution in [2.24, 2.45) is 0 Å². The molecule has 1 aromatic heterocycles. The summed E-state index contributed by atoms with van der Waals surface area (Å²) in [6.45, 7) is 0.904. The smallest absolute Gasteiger partial charge is 0.410 e. The third kappa shape index (κ3) is 5.41. The second-order valence-electron chi connectivity index (χ2n) is 5.49. The molecule has 1 fully saturated rings. The highest BCUT2D eigenvalue weighted by molar-refractivity contribution is 8.01. The SMILES string of the molecule is O=C(O)c1csc(SCCN2C(=O)OCC2COc2cc(Cl)cc(Cl)c2)n1. The highest BCUT2D eigenvalue weighted by Gasteiger charge is 2.33. The van der Waals surface area contributed by atoms with Gasteiger partial charge in [0, 0.05) is 27.7 Å². The number of ether oxygens (including phenoxy) is 2. The lowest BCUT2D eigenvalue weighted by Gasteiger charge is -2.21. The Hall–Kier alpha value is -1.68. The topological polar surface area (TPSA) is 89.0 Å². The normalized spacial score (nSPS) is 16.4. The van der Waals surface area contributed by atoms with Crippen LogP contribution in [-0.4, -0.2) is 58.6 Å². The van der Waals surface area contributed by atoms with Crippen molar-refractivity contribution in [3.05, 3.63) is 39.3 Å². The monoisotopic (exact) mass is 448 g/mol. The molecule has 11 heteroatoms. The Morgan fingerprint density at radius 1 is 1.41 bits per heavy atom. The largest absolute Gasteiger partial charge is 0.491 e. The van der Waals surface area contributed by atoms with Gasteiger partial charge in [-0.2, -0.15) is 0 Å². The third-order valence-corrected chi connectivity index (χ3v) is 6.05. The maximum atomic E-state index is 11.9. The van der Waals surface area contributed by atoms with Crippen molar-refractivity contribution in [1.82, 2.24) is 9.88 Å².